The van der Waals surface area contributed by atoms with Crippen molar-refractivity contribution < 1.29 is 4.92 Å². The van der Waals surface area contributed by atoms with Crippen LogP contribution in [0.5, 0.6) is 0 Å². The molecule has 2 aromatic rings. The summed E-state index contributed by atoms with van der Waals surface area (Å²) in [6.07, 6.45) is 3.40. The smallest absolute Gasteiger partial charge is 0.294 e. The van der Waals surface area contributed by atoms with Gasteiger partial charge in [-0.3, -0.25) is 10.1 Å². The van der Waals surface area contributed by atoms with Crippen LogP contribution in [0.25, 0.3) is 5.69 Å². The molecule has 0 spiro atoms. The van der Waals surface area contributed by atoms with Crippen molar-refractivity contribution >= 4 is 5.69 Å². The maximum Gasteiger partial charge on any atom is 0.294 e. The van der Waals surface area contributed by atoms with Gasteiger partial charge < -0.3 is 5.73 Å². The van der Waals surface area contributed by atoms with Crippen LogP contribution in [0, 0.1) is 17.0 Å². The Morgan fingerprint density at radius 2 is 2.25 bits per heavy atom. The second-order valence-electron chi connectivity index (χ2n) is 4.73. The second kappa shape index (κ2) is 5.79. The van der Waals surface area contributed by atoms with E-state index < -0.39 is 4.92 Å². The molecule has 7 heteroatoms. The Hall–Kier alpha value is -2.28. The zero-order chi connectivity index (χ0) is 14.7. The highest BCUT2D eigenvalue weighted by atomic mass is 16.6. The Bertz CT molecular complexity index is 623. The van der Waals surface area contributed by atoms with Gasteiger partial charge in [-0.25, -0.2) is 4.68 Å². The monoisotopic (exact) mass is 275 g/mol. The Morgan fingerprint density at radius 1 is 1.50 bits per heavy atom. The van der Waals surface area contributed by atoms with Gasteiger partial charge in [0.15, 0.2) is 0 Å². The fourth-order valence-corrected chi connectivity index (χ4v) is 1.99. The summed E-state index contributed by atoms with van der Waals surface area (Å²) in [5, 5.41) is 19.0. The molecule has 0 aliphatic rings. The van der Waals surface area contributed by atoms with E-state index in [1.54, 1.807) is 18.3 Å². The molecular weight excluding hydrogens is 258 g/mol. The van der Waals surface area contributed by atoms with Gasteiger partial charge in [0.25, 0.3) is 5.69 Å². The molecule has 1 atom stereocenters. The zero-order valence-electron chi connectivity index (χ0n) is 11.5. The first kappa shape index (κ1) is 14.1. The van der Waals surface area contributed by atoms with Crippen molar-refractivity contribution in [1.82, 2.24) is 15.0 Å². The summed E-state index contributed by atoms with van der Waals surface area (Å²) in [4.78, 5) is 10.6. The molecule has 2 rings (SSSR count). The van der Waals surface area contributed by atoms with Gasteiger partial charge in [-0.15, -0.1) is 5.10 Å². The van der Waals surface area contributed by atoms with Crippen LogP contribution >= 0.6 is 0 Å². The van der Waals surface area contributed by atoms with E-state index in [9.17, 15) is 10.1 Å². The van der Waals surface area contributed by atoms with Crippen molar-refractivity contribution in [2.45, 2.75) is 32.7 Å². The molecule has 0 bridgehead atoms. The Balaban J connectivity index is 2.41. The van der Waals surface area contributed by atoms with Crippen molar-refractivity contribution in [2.24, 2.45) is 5.73 Å². The number of aryl methyl sites for hydroxylation is 1. The van der Waals surface area contributed by atoms with Crippen LogP contribution in [0.1, 0.15) is 37.1 Å². The highest BCUT2D eigenvalue weighted by molar-refractivity contribution is 5.53. The number of rotatable bonds is 5. The third-order valence-corrected chi connectivity index (χ3v) is 3.07. The molecule has 0 aliphatic carbocycles. The van der Waals surface area contributed by atoms with Crippen LogP contribution in [0.2, 0.25) is 0 Å². The summed E-state index contributed by atoms with van der Waals surface area (Å²) in [6, 6.07) is 4.68. The van der Waals surface area contributed by atoms with Crippen molar-refractivity contribution in [3.63, 3.8) is 0 Å². The van der Waals surface area contributed by atoms with Gasteiger partial charge in [-0.05, 0) is 25.0 Å². The molecule has 0 amide bonds. The number of nitrogens with two attached hydrogens (primary N) is 1. The molecule has 1 aromatic carbocycles. The van der Waals surface area contributed by atoms with Crippen molar-refractivity contribution in [2.75, 3.05) is 0 Å². The molecule has 1 aromatic heterocycles. The molecule has 2 N–H and O–H groups in total. The maximum atomic E-state index is 11.1. The third kappa shape index (κ3) is 2.83. The molecule has 20 heavy (non-hydrogen) atoms. The van der Waals surface area contributed by atoms with E-state index in [-0.39, 0.29) is 11.7 Å². The highest BCUT2D eigenvalue weighted by Gasteiger charge is 2.18. The van der Waals surface area contributed by atoms with Crippen LogP contribution in [0.3, 0.4) is 0 Å². The Labute approximate surface area is 116 Å². The average Bonchev–Trinajstić information content (AvgIpc) is 2.88. The second-order valence-corrected chi connectivity index (χ2v) is 4.73. The van der Waals surface area contributed by atoms with Gasteiger partial charge in [-0.1, -0.05) is 24.6 Å². The lowest BCUT2D eigenvalue weighted by Gasteiger charge is -2.05. The first-order valence-electron chi connectivity index (χ1n) is 6.46. The van der Waals surface area contributed by atoms with Gasteiger partial charge in [0.05, 0.1) is 22.9 Å². The molecule has 0 saturated carbocycles. The topological polar surface area (TPSA) is 99.9 Å². The minimum absolute atomic E-state index is 0.00360. The predicted molar refractivity (Wildman–Crippen MR) is 74.6 cm³/mol. The fraction of sp³-hybridized carbons (Fsp3) is 0.385. The van der Waals surface area contributed by atoms with Crippen molar-refractivity contribution in [3.8, 4) is 5.69 Å². The number of hydrogen-bond donors (Lipinski definition) is 1. The maximum absolute atomic E-state index is 11.1. The molecule has 0 fully saturated rings. The van der Waals surface area contributed by atoms with Crippen molar-refractivity contribution in [3.05, 3.63) is 45.8 Å². The van der Waals surface area contributed by atoms with Crippen LogP contribution in [0.15, 0.2) is 24.4 Å². The van der Waals surface area contributed by atoms with Gasteiger partial charge in [0, 0.05) is 6.07 Å². The predicted octanol–water partition coefficient (Wildman–Crippen LogP) is 2.28. The number of aromatic nitrogens is 3. The summed E-state index contributed by atoms with van der Waals surface area (Å²) in [5.41, 5.74) is 7.93. The average molecular weight is 275 g/mol. The first-order chi connectivity index (χ1) is 9.52. The van der Waals surface area contributed by atoms with E-state index in [1.165, 1.54) is 10.7 Å². The van der Waals surface area contributed by atoms with Crippen LogP contribution < -0.4 is 5.73 Å². The fourth-order valence-electron chi connectivity index (χ4n) is 1.99. The number of nitro benzene ring substituents is 1. The lowest BCUT2D eigenvalue weighted by atomic mass is 10.1. The van der Waals surface area contributed by atoms with E-state index in [4.69, 9.17) is 5.73 Å². The van der Waals surface area contributed by atoms with E-state index in [2.05, 4.69) is 10.3 Å². The molecule has 1 heterocycles. The molecule has 0 aliphatic heterocycles. The Kier molecular flexibility index (Phi) is 4.09. The van der Waals surface area contributed by atoms with Crippen LogP contribution in [0.4, 0.5) is 5.69 Å². The summed E-state index contributed by atoms with van der Waals surface area (Å²) in [7, 11) is 0. The molecule has 7 nitrogen and oxygen atoms in total. The van der Waals surface area contributed by atoms with Gasteiger partial charge in [-0.2, -0.15) is 0 Å². The SMILES string of the molecule is CCCC(N)c1cn(-c2cc(C)ccc2[N+](=O)[O-])nn1. The number of hydrogen-bond acceptors (Lipinski definition) is 5. The van der Waals surface area contributed by atoms with E-state index in [0.29, 0.717) is 11.4 Å². The molecule has 0 radical (unpaired) electrons. The summed E-state index contributed by atoms with van der Waals surface area (Å²) in [5.74, 6) is 0. The van der Waals surface area contributed by atoms with Crippen molar-refractivity contribution in [1.29, 1.82) is 0 Å². The molecule has 0 saturated heterocycles. The third-order valence-electron chi connectivity index (χ3n) is 3.07. The summed E-state index contributed by atoms with van der Waals surface area (Å²) >= 11 is 0. The minimum Gasteiger partial charge on any atom is -0.323 e. The zero-order valence-corrected chi connectivity index (χ0v) is 11.5. The largest absolute Gasteiger partial charge is 0.323 e. The number of nitro groups is 1. The number of benzene rings is 1. The van der Waals surface area contributed by atoms with E-state index in [0.717, 1.165) is 18.4 Å². The van der Waals surface area contributed by atoms with Gasteiger partial charge in [0.2, 0.25) is 0 Å². The lowest BCUT2D eigenvalue weighted by Crippen LogP contribution is -2.10. The standard InChI is InChI=1S/C13H17N5O2/c1-3-4-10(14)11-8-17(16-15-11)13-7-9(2)5-6-12(13)18(19)20/h5-8,10H,3-4,14H2,1-2H3. The van der Waals surface area contributed by atoms with Gasteiger partial charge in [0.1, 0.15) is 5.69 Å². The normalized spacial score (nSPS) is 12.3. The van der Waals surface area contributed by atoms with E-state index >= 15 is 0 Å². The highest BCUT2D eigenvalue weighted by Crippen LogP contribution is 2.24. The number of nitrogens with zero attached hydrogens (tertiary/aromatic N) is 4. The van der Waals surface area contributed by atoms with Crippen LogP contribution in [-0.2, 0) is 0 Å². The molecule has 106 valence electrons. The quantitative estimate of drug-likeness (QED) is 0.666. The minimum atomic E-state index is -0.428. The molecule has 1 unspecified atom stereocenters. The summed E-state index contributed by atoms with van der Waals surface area (Å²) < 4.78 is 1.41. The van der Waals surface area contributed by atoms with E-state index in [1.807, 2.05) is 13.8 Å². The summed E-state index contributed by atoms with van der Waals surface area (Å²) in [6.45, 7) is 3.91. The van der Waals surface area contributed by atoms with Gasteiger partial charge >= 0.3 is 0 Å². The molecular formula is C13H17N5O2. The Morgan fingerprint density at radius 3 is 2.90 bits per heavy atom. The first-order valence-corrected chi connectivity index (χ1v) is 6.46. The van der Waals surface area contributed by atoms with Crippen LogP contribution in [-0.4, -0.2) is 19.9 Å². The lowest BCUT2D eigenvalue weighted by molar-refractivity contribution is -0.384.